The van der Waals surface area contributed by atoms with E-state index < -0.39 is 0 Å². The second kappa shape index (κ2) is 12.2. The minimum Gasteiger partial charge on any atom is -0.496 e. The molecule has 0 heterocycles. The van der Waals surface area contributed by atoms with Crippen LogP contribution in [0.1, 0.15) is 28.4 Å². The number of hydrogen-bond acceptors (Lipinski definition) is 5. The molecule has 0 bridgehead atoms. The number of rotatable bonds is 9. The molecule has 1 N–H and O–H groups in total. The third-order valence-electron chi connectivity index (χ3n) is 5.37. The molecule has 0 aliphatic rings. The smallest absolute Gasteiger partial charge is 0.275 e. The van der Waals surface area contributed by atoms with E-state index in [0.29, 0.717) is 36.0 Å². The second-order valence-electron chi connectivity index (χ2n) is 7.73. The normalized spacial score (nSPS) is 11.0. The monoisotopic (exact) mass is 658 g/mol. The maximum absolute atomic E-state index is 12.6. The van der Waals surface area contributed by atoms with E-state index in [2.05, 4.69) is 73.3 Å². The average molecular weight is 659 g/mol. The summed E-state index contributed by atoms with van der Waals surface area (Å²) in [6.45, 7) is 2.82. The van der Waals surface area contributed by atoms with Crippen molar-refractivity contribution in [1.29, 1.82) is 0 Å². The minimum atomic E-state index is -0.376. The summed E-state index contributed by atoms with van der Waals surface area (Å²) in [4.78, 5) is 12.6. The lowest BCUT2D eigenvalue weighted by Crippen LogP contribution is -2.18. The lowest BCUT2D eigenvalue weighted by molar-refractivity contribution is 0.0952. The first-order valence-corrected chi connectivity index (χ1v) is 13.1. The van der Waals surface area contributed by atoms with Gasteiger partial charge in [0.2, 0.25) is 0 Å². The first-order chi connectivity index (χ1) is 17.5. The summed E-state index contributed by atoms with van der Waals surface area (Å²) in [5, 5.41) is 6.46. The predicted octanol–water partition coefficient (Wildman–Crippen LogP) is 6.96. The Bertz CT molecular complexity index is 1420. The molecular weight excluding hydrogens is 635 g/mol. The highest BCUT2D eigenvalue weighted by Crippen LogP contribution is 2.35. The number of carbonyl (C=O) groups is 1. The SMILES string of the molecule is CCOc1cc(/C=N\NC(=O)c2cc(Br)ccc2OC)cc(I)c1OCc1cccc2ccccc12. The largest absolute Gasteiger partial charge is 0.496 e. The molecule has 0 fully saturated rings. The van der Waals surface area contributed by atoms with E-state index in [0.717, 1.165) is 24.6 Å². The van der Waals surface area contributed by atoms with Gasteiger partial charge < -0.3 is 14.2 Å². The number of hydrazone groups is 1. The van der Waals surface area contributed by atoms with Gasteiger partial charge >= 0.3 is 0 Å². The fourth-order valence-electron chi connectivity index (χ4n) is 3.72. The zero-order valence-electron chi connectivity index (χ0n) is 19.8. The van der Waals surface area contributed by atoms with Crippen LogP contribution in [0.4, 0.5) is 0 Å². The van der Waals surface area contributed by atoms with Crippen molar-refractivity contribution >= 4 is 61.4 Å². The van der Waals surface area contributed by atoms with E-state index >= 15 is 0 Å². The lowest BCUT2D eigenvalue weighted by atomic mass is 10.1. The quantitative estimate of drug-likeness (QED) is 0.120. The number of nitrogens with zero attached hydrogens (tertiary/aromatic N) is 1. The molecule has 0 spiro atoms. The minimum absolute atomic E-state index is 0.376. The molecular formula is C28H24BrIN2O4. The van der Waals surface area contributed by atoms with Crippen molar-refractivity contribution in [3.8, 4) is 17.2 Å². The van der Waals surface area contributed by atoms with Gasteiger partial charge in [-0.15, -0.1) is 0 Å². The molecule has 4 rings (SSSR count). The second-order valence-corrected chi connectivity index (χ2v) is 9.81. The summed E-state index contributed by atoms with van der Waals surface area (Å²) in [5.41, 5.74) is 4.80. The van der Waals surface area contributed by atoms with Gasteiger partial charge in [-0.2, -0.15) is 5.10 Å². The molecule has 0 saturated carbocycles. The molecule has 0 saturated heterocycles. The number of halogens is 2. The van der Waals surface area contributed by atoms with Crippen LogP contribution in [0, 0.1) is 3.57 Å². The van der Waals surface area contributed by atoms with Gasteiger partial charge in [0.15, 0.2) is 11.5 Å². The van der Waals surface area contributed by atoms with E-state index in [9.17, 15) is 4.79 Å². The number of nitrogens with one attached hydrogen (secondary N) is 1. The zero-order chi connectivity index (χ0) is 25.5. The van der Waals surface area contributed by atoms with Crippen LogP contribution in [0.5, 0.6) is 17.2 Å². The van der Waals surface area contributed by atoms with Crippen LogP contribution in [0.3, 0.4) is 0 Å². The van der Waals surface area contributed by atoms with Crippen molar-refractivity contribution in [3.05, 3.63) is 97.5 Å². The predicted molar refractivity (Wildman–Crippen MR) is 154 cm³/mol. The molecule has 0 atom stereocenters. The van der Waals surface area contributed by atoms with Gasteiger partial charge in [-0.25, -0.2) is 5.43 Å². The van der Waals surface area contributed by atoms with Crippen molar-refractivity contribution in [2.45, 2.75) is 13.5 Å². The Morgan fingerprint density at radius 1 is 1.03 bits per heavy atom. The molecule has 184 valence electrons. The third-order valence-corrected chi connectivity index (χ3v) is 6.66. The molecule has 0 unspecified atom stereocenters. The Balaban J connectivity index is 1.51. The lowest BCUT2D eigenvalue weighted by Gasteiger charge is -2.15. The highest BCUT2D eigenvalue weighted by atomic mass is 127. The maximum atomic E-state index is 12.6. The molecule has 6 nitrogen and oxygen atoms in total. The first kappa shape index (κ1) is 26.0. The molecule has 0 aromatic heterocycles. The number of amides is 1. The number of hydrogen-bond donors (Lipinski definition) is 1. The Morgan fingerprint density at radius 2 is 1.83 bits per heavy atom. The number of benzene rings is 4. The standard InChI is InChI=1S/C28H24BrIN2O4/c1-3-35-26-14-18(16-31-32-28(33)23-15-21(29)11-12-25(23)34-2)13-24(30)27(26)36-17-20-9-6-8-19-7-4-5-10-22(19)20/h4-16H,3,17H2,1-2H3,(H,32,33)/b31-16-. The van der Waals surface area contributed by atoms with Gasteiger partial charge in [0.25, 0.3) is 5.91 Å². The molecule has 0 aliphatic heterocycles. The summed E-state index contributed by atoms with van der Waals surface area (Å²) in [7, 11) is 1.52. The van der Waals surface area contributed by atoms with Gasteiger partial charge in [0.1, 0.15) is 12.4 Å². The van der Waals surface area contributed by atoms with Crippen molar-refractivity contribution in [3.63, 3.8) is 0 Å². The average Bonchev–Trinajstić information content (AvgIpc) is 2.88. The number of methoxy groups -OCH3 is 1. The van der Waals surface area contributed by atoms with E-state index in [1.165, 1.54) is 12.5 Å². The van der Waals surface area contributed by atoms with Gasteiger partial charge in [0.05, 0.1) is 29.1 Å². The molecule has 1 amide bonds. The number of carbonyl (C=O) groups excluding carboxylic acids is 1. The summed E-state index contributed by atoms with van der Waals surface area (Å²) in [6, 6.07) is 23.4. The summed E-state index contributed by atoms with van der Waals surface area (Å²) in [6.07, 6.45) is 1.57. The summed E-state index contributed by atoms with van der Waals surface area (Å²) in [5.74, 6) is 1.38. The van der Waals surface area contributed by atoms with Crippen molar-refractivity contribution in [2.75, 3.05) is 13.7 Å². The van der Waals surface area contributed by atoms with Gasteiger partial charge in [-0.1, -0.05) is 58.4 Å². The fraction of sp³-hybridized carbons (Fsp3) is 0.143. The maximum Gasteiger partial charge on any atom is 0.275 e. The van der Waals surface area contributed by atoms with Crippen molar-refractivity contribution < 1.29 is 19.0 Å². The van der Waals surface area contributed by atoms with E-state index in [4.69, 9.17) is 14.2 Å². The van der Waals surface area contributed by atoms with E-state index in [-0.39, 0.29) is 5.91 Å². The van der Waals surface area contributed by atoms with E-state index in [1.54, 1.807) is 24.4 Å². The third kappa shape index (κ3) is 6.17. The van der Waals surface area contributed by atoms with Crippen molar-refractivity contribution in [2.24, 2.45) is 5.10 Å². The van der Waals surface area contributed by atoms with Crippen LogP contribution in [-0.4, -0.2) is 25.8 Å². The van der Waals surface area contributed by atoms with Crippen LogP contribution >= 0.6 is 38.5 Å². The van der Waals surface area contributed by atoms with Crippen molar-refractivity contribution in [1.82, 2.24) is 5.43 Å². The Morgan fingerprint density at radius 3 is 2.64 bits per heavy atom. The Kier molecular flexibility index (Phi) is 8.82. The molecule has 0 aliphatic carbocycles. The van der Waals surface area contributed by atoms with Crippen LogP contribution in [0.2, 0.25) is 0 Å². The zero-order valence-corrected chi connectivity index (χ0v) is 23.5. The molecule has 36 heavy (non-hydrogen) atoms. The molecule has 0 radical (unpaired) electrons. The molecule has 4 aromatic carbocycles. The Hall–Kier alpha value is -3.11. The Labute approximate surface area is 231 Å². The van der Waals surface area contributed by atoms with Crippen LogP contribution in [0.15, 0.2) is 82.4 Å². The van der Waals surface area contributed by atoms with Gasteiger partial charge in [-0.05, 0) is 81.7 Å². The molecule has 4 aromatic rings. The van der Waals surface area contributed by atoms with Crippen LogP contribution in [-0.2, 0) is 6.61 Å². The molecule has 8 heteroatoms. The fourth-order valence-corrected chi connectivity index (χ4v) is 4.86. The van der Waals surface area contributed by atoms with Gasteiger partial charge in [0, 0.05) is 4.47 Å². The van der Waals surface area contributed by atoms with Crippen LogP contribution in [0.25, 0.3) is 10.8 Å². The summed E-state index contributed by atoms with van der Waals surface area (Å²) >= 11 is 5.60. The first-order valence-electron chi connectivity index (χ1n) is 11.2. The highest BCUT2D eigenvalue weighted by Gasteiger charge is 2.14. The van der Waals surface area contributed by atoms with Crippen LogP contribution < -0.4 is 19.6 Å². The highest BCUT2D eigenvalue weighted by molar-refractivity contribution is 14.1. The van der Waals surface area contributed by atoms with Gasteiger partial charge in [-0.3, -0.25) is 4.79 Å². The number of ether oxygens (including phenoxy) is 3. The topological polar surface area (TPSA) is 69.2 Å². The summed E-state index contributed by atoms with van der Waals surface area (Å²) < 4.78 is 19.0. The number of fused-ring (bicyclic) bond motifs is 1. The van der Waals surface area contributed by atoms with E-state index in [1.807, 2.05) is 37.3 Å².